The second kappa shape index (κ2) is 9.57. The Labute approximate surface area is 155 Å². The van der Waals surface area contributed by atoms with Crippen molar-refractivity contribution in [3.8, 4) is 5.75 Å². The lowest BCUT2D eigenvalue weighted by Gasteiger charge is -2.27. The molecule has 1 aliphatic rings. The summed E-state index contributed by atoms with van der Waals surface area (Å²) >= 11 is 0. The number of carbonyl (C=O) groups is 2. The molecule has 1 atom stereocenters. The summed E-state index contributed by atoms with van der Waals surface area (Å²) in [6, 6.07) is 7.04. The standard InChI is InChI=1S/C20H30N2O4/c1-4-14-26-20(3,5-2)19(24)21-16-8-10-17(11-9-16)25-15-18(23)22-12-6-7-13-22/h8-11H,4-7,12-15H2,1-3H3,(H,21,24)/t20-/m0/s1. The third-order valence-electron chi connectivity index (χ3n) is 4.71. The number of hydrogen-bond acceptors (Lipinski definition) is 4. The van der Waals surface area contributed by atoms with E-state index >= 15 is 0 Å². The Kier molecular flexibility index (Phi) is 7.45. The maximum absolute atomic E-state index is 12.5. The molecule has 2 rings (SSSR count). The summed E-state index contributed by atoms with van der Waals surface area (Å²) in [7, 11) is 0. The number of nitrogens with zero attached hydrogens (tertiary/aromatic N) is 1. The minimum absolute atomic E-state index is 0.0201. The number of hydrogen-bond donors (Lipinski definition) is 1. The van der Waals surface area contributed by atoms with Crippen molar-refractivity contribution < 1.29 is 19.1 Å². The lowest BCUT2D eigenvalue weighted by molar-refractivity contribution is -0.139. The van der Waals surface area contributed by atoms with Gasteiger partial charge in [-0.3, -0.25) is 9.59 Å². The van der Waals surface area contributed by atoms with Gasteiger partial charge >= 0.3 is 0 Å². The smallest absolute Gasteiger partial charge is 0.260 e. The molecule has 1 fully saturated rings. The van der Waals surface area contributed by atoms with Gasteiger partial charge in [-0.15, -0.1) is 0 Å². The topological polar surface area (TPSA) is 67.9 Å². The van der Waals surface area contributed by atoms with E-state index in [-0.39, 0.29) is 18.4 Å². The molecule has 1 heterocycles. The zero-order valence-corrected chi connectivity index (χ0v) is 16.0. The number of carbonyl (C=O) groups excluding carboxylic acids is 2. The number of rotatable bonds is 9. The van der Waals surface area contributed by atoms with Crippen LogP contribution in [0.15, 0.2) is 24.3 Å². The highest BCUT2D eigenvalue weighted by Crippen LogP contribution is 2.21. The Hall–Kier alpha value is -2.08. The predicted octanol–water partition coefficient (Wildman–Crippen LogP) is 3.22. The Bertz CT molecular complexity index is 596. The van der Waals surface area contributed by atoms with Crippen LogP contribution in [0.3, 0.4) is 0 Å². The molecule has 0 bridgehead atoms. The number of likely N-dealkylation sites (tertiary alicyclic amines) is 1. The first kappa shape index (κ1) is 20.2. The molecule has 0 spiro atoms. The Morgan fingerprint density at radius 2 is 1.81 bits per heavy atom. The van der Waals surface area contributed by atoms with Crippen LogP contribution in [0.5, 0.6) is 5.75 Å². The monoisotopic (exact) mass is 362 g/mol. The van der Waals surface area contributed by atoms with Gasteiger partial charge in [0.2, 0.25) is 0 Å². The molecule has 144 valence electrons. The minimum Gasteiger partial charge on any atom is -0.484 e. The molecule has 2 amide bonds. The fourth-order valence-corrected chi connectivity index (χ4v) is 2.76. The van der Waals surface area contributed by atoms with Gasteiger partial charge < -0.3 is 19.7 Å². The van der Waals surface area contributed by atoms with Crippen LogP contribution in [0.25, 0.3) is 0 Å². The zero-order valence-electron chi connectivity index (χ0n) is 16.0. The quantitative estimate of drug-likeness (QED) is 0.732. The van der Waals surface area contributed by atoms with E-state index in [2.05, 4.69) is 5.32 Å². The van der Waals surface area contributed by atoms with E-state index in [0.717, 1.165) is 32.4 Å². The van der Waals surface area contributed by atoms with Crippen LogP contribution >= 0.6 is 0 Å². The average molecular weight is 362 g/mol. The molecule has 26 heavy (non-hydrogen) atoms. The summed E-state index contributed by atoms with van der Waals surface area (Å²) in [4.78, 5) is 26.3. The molecule has 0 aromatic heterocycles. The molecule has 0 aliphatic carbocycles. The molecular formula is C20H30N2O4. The fourth-order valence-electron chi connectivity index (χ4n) is 2.76. The molecule has 1 aliphatic heterocycles. The van der Waals surface area contributed by atoms with Gasteiger partial charge in [-0.1, -0.05) is 13.8 Å². The molecule has 0 radical (unpaired) electrons. The number of ether oxygens (including phenoxy) is 2. The number of anilines is 1. The van der Waals surface area contributed by atoms with Crippen molar-refractivity contribution in [3.05, 3.63) is 24.3 Å². The summed E-state index contributed by atoms with van der Waals surface area (Å²) in [5.41, 5.74) is -0.166. The van der Waals surface area contributed by atoms with Gasteiger partial charge in [-0.05, 0) is 56.9 Å². The van der Waals surface area contributed by atoms with Gasteiger partial charge in [0.25, 0.3) is 11.8 Å². The van der Waals surface area contributed by atoms with Crippen LogP contribution in [0, 0.1) is 0 Å². The fraction of sp³-hybridized carbons (Fsp3) is 0.600. The van der Waals surface area contributed by atoms with Crippen LogP contribution in [-0.4, -0.2) is 48.6 Å². The van der Waals surface area contributed by atoms with Crippen molar-refractivity contribution in [2.45, 2.75) is 52.1 Å². The van der Waals surface area contributed by atoms with E-state index in [1.54, 1.807) is 31.2 Å². The molecule has 1 aromatic rings. The van der Waals surface area contributed by atoms with Crippen LogP contribution < -0.4 is 10.1 Å². The van der Waals surface area contributed by atoms with E-state index in [0.29, 0.717) is 24.5 Å². The molecule has 6 nitrogen and oxygen atoms in total. The van der Waals surface area contributed by atoms with Gasteiger partial charge in [0.05, 0.1) is 0 Å². The highest BCUT2D eigenvalue weighted by Gasteiger charge is 2.32. The van der Waals surface area contributed by atoms with E-state index in [1.807, 2.05) is 18.7 Å². The summed E-state index contributed by atoms with van der Waals surface area (Å²) in [6.07, 6.45) is 3.60. The summed E-state index contributed by atoms with van der Waals surface area (Å²) in [5.74, 6) is 0.467. The summed E-state index contributed by atoms with van der Waals surface area (Å²) in [6.45, 7) is 8.00. The second-order valence-electron chi connectivity index (χ2n) is 6.79. The van der Waals surface area contributed by atoms with E-state index in [4.69, 9.17) is 9.47 Å². The van der Waals surface area contributed by atoms with Gasteiger partial charge in [-0.2, -0.15) is 0 Å². The Morgan fingerprint density at radius 1 is 1.15 bits per heavy atom. The van der Waals surface area contributed by atoms with E-state index in [9.17, 15) is 9.59 Å². The Balaban J connectivity index is 1.86. The summed E-state index contributed by atoms with van der Waals surface area (Å²) < 4.78 is 11.3. The van der Waals surface area contributed by atoms with Crippen molar-refractivity contribution in [2.24, 2.45) is 0 Å². The van der Waals surface area contributed by atoms with Crippen molar-refractivity contribution >= 4 is 17.5 Å². The van der Waals surface area contributed by atoms with Gasteiger partial charge in [-0.25, -0.2) is 0 Å². The lowest BCUT2D eigenvalue weighted by Crippen LogP contribution is -2.42. The van der Waals surface area contributed by atoms with E-state index < -0.39 is 5.60 Å². The maximum atomic E-state index is 12.5. The van der Waals surface area contributed by atoms with Crippen LogP contribution in [0.1, 0.15) is 46.5 Å². The van der Waals surface area contributed by atoms with Crippen molar-refractivity contribution in [1.29, 1.82) is 0 Å². The van der Waals surface area contributed by atoms with Gasteiger partial charge in [0.15, 0.2) is 6.61 Å². The molecule has 1 N–H and O–H groups in total. The molecule has 0 unspecified atom stereocenters. The Morgan fingerprint density at radius 3 is 2.38 bits per heavy atom. The van der Waals surface area contributed by atoms with Crippen molar-refractivity contribution in [3.63, 3.8) is 0 Å². The van der Waals surface area contributed by atoms with Crippen molar-refractivity contribution in [1.82, 2.24) is 4.90 Å². The average Bonchev–Trinajstić information content (AvgIpc) is 3.20. The molecule has 0 saturated carbocycles. The first-order valence-electron chi connectivity index (χ1n) is 9.44. The van der Waals surface area contributed by atoms with Crippen molar-refractivity contribution in [2.75, 3.05) is 31.6 Å². The highest BCUT2D eigenvalue weighted by atomic mass is 16.5. The SMILES string of the molecule is CCCO[C@@](C)(CC)C(=O)Nc1ccc(OCC(=O)N2CCCC2)cc1. The number of amides is 2. The van der Waals surface area contributed by atoms with Crippen LogP contribution in [0.4, 0.5) is 5.69 Å². The molecule has 1 aromatic carbocycles. The third-order valence-corrected chi connectivity index (χ3v) is 4.71. The number of benzene rings is 1. The van der Waals surface area contributed by atoms with E-state index in [1.165, 1.54) is 0 Å². The summed E-state index contributed by atoms with van der Waals surface area (Å²) in [5, 5.41) is 2.88. The third kappa shape index (κ3) is 5.46. The number of nitrogens with one attached hydrogen (secondary N) is 1. The van der Waals surface area contributed by atoms with Gasteiger partial charge in [0, 0.05) is 25.4 Å². The second-order valence-corrected chi connectivity index (χ2v) is 6.79. The first-order valence-corrected chi connectivity index (χ1v) is 9.44. The van der Waals surface area contributed by atoms with Crippen LogP contribution in [-0.2, 0) is 14.3 Å². The molecular weight excluding hydrogens is 332 g/mol. The molecule has 6 heteroatoms. The largest absolute Gasteiger partial charge is 0.484 e. The van der Waals surface area contributed by atoms with Crippen LogP contribution in [0.2, 0.25) is 0 Å². The minimum atomic E-state index is -0.840. The normalized spacial score (nSPS) is 16.2. The zero-order chi connectivity index (χ0) is 19.0. The highest BCUT2D eigenvalue weighted by molar-refractivity contribution is 5.97. The molecule has 1 saturated heterocycles. The first-order chi connectivity index (χ1) is 12.5. The lowest BCUT2D eigenvalue weighted by atomic mass is 10.0. The van der Waals surface area contributed by atoms with Gasteiger partial charge in [0.1, 0.15) is 11.4 Å². The predicted molar refractivity (Wildman–Crippen MR) is 101 cm³/mol. The maximum Gasteiger partial charge on any atom is 0.260 e.